The Hall–Kier alpha value is -1.81. The van der Waals surface area contributed by atoms with Crippen LogP contribution in [0.15, 0.2) is 42.6 Å². The van der Waals surface area contributed by atoms with Crippen molar-refractivity contribution >= 4 is 0 Å². The molecule has 0 aliphatic heterocycles. The van der Waals surface area contributed by atoms with Crippen molar-refractivity contribution in [2.45, 2.75) is 13.0 Å². The number of hydrogen-bond acceptors (Lipinski definition) is 2. The summed E-state index contributed by atoms with van der Waals surface area (Å²) in [5.41, 5.74) is 1.11. The molecule has 94 valence electrons. The van der Waals surface area contributed by atoms with E-state index in [1.54, 1.807) is 24.3 Å². The average Bonchev–Trinajstić information content (AvgIpc) is 2.38. The molecule has 0 radical (unpaired) electrons. The molecule has 0 aliphatic rings. The SMILES string of the molecule is CCNC(c1ccc(F)cn1)c1ccccc1F. The molecule has 0 aliphatic carbocycles. The molecule has 0 fully saturated rings. The molecule has 2 nitrogen and oxygen atoms in total. The maximum Gasteiger partial charge on any atom is 0.141 e. The molecule has 1 unspecified atom stereocenters. The first-order valence-electron chi connectivity index (χ1n) is 5.81. The molecule has 0 spiro atoms. The predicted octanol–water partition coefficient (Wildman–Crippen LogP) is 3.06. The first-order chi connectivity index (χ1) is 8.72. The van der Waals surface area contributed by atoms with Crippen LogP contribution in [0.3, 0.4) is 0 Å². The first kappa shape index (κ1) is 12.6. The van der Waals surface area contributed by atoms with E-state index in [2.05, 4.69) is 10.3 Å². The van der Waals surface area contributed by atoms with Gasteiger partial charge in [0.2, 0.25) is 0 Å². The van der Waals surface area contributed by atoms with Crippen LogP contribution >= 0.6 is 0 Å². The Morgan fingerprint density at radius 2 is 1.94 bits per heavy atom. The number of benzene rings is 1. The molecule has 0 saturated carbocycles. The lowest BCUT2D eigenvalue weighted by Crippen LogP contribution is -2.23. The van der Waals surface area contributed by atoms with Crippen molar-refractivity contribution in [2.75, 3.05) is 6.54 Å². The Morgan fingerprint density at radius 1 is 1.17 bits per heavy atom. The van der Waals surface area contributed by atoms with Gasteiger partial charge < -0.3 is 5.32 Å². The summed E-state index contributed by atoms with van der Waals surface area (Å²) in [6.45, 7) is 2.59. The molecule has 18 heavy (non-hydrogen) atoms. The third-order valence-corrected chi connectivity index (χ3v) is 2.67. The van der Waals surface area contributed by atoms with Crippen LogP contribution in [0.5, 0.6) is 0 Å². The number of hydrogen-bond donors (Lipinski definition) is 1. The highest BCUT2D eigenvalue weighted by molar-refractivity contribution is 5.29. The van der Waals surface area contributed by atoms with Crippen molar-refractivity contribution in [3.8, 4) is 0 Å². The average molecular weight is 248 g/mol. The quantitative estimate of drug-likeness (QED) is 0.899. The molecule has 0 saturated heterocycles. The van der Waals surface area contributed by atoms with E-state index in [0.717, 1.165) is 6.20 Å². The minimum Gasteiger partial charge on any atom is -0.305 e. The third kappa shape index (κ3) is 2.71. The zero-order valence-corrected chi connectivity index (χ0v) is 10.0. The van der Waals surface area contributed by atoms with Crippen molar-refractivity contribution in [2.24, 2.45) is 0 Å². The maximum absolute atomic E-state index is 13.8. The largest absolute Gasteiger partial charge is 0.305 e. The van der Waals surface area contributed by atoms with Crippen LogP contribution in [-0.2, 0) is 0 Å². The summed E-state index contributed by atoms with van der Waals surface area (Å²) >= 11 is 0. The highest BCUT2D eigenvalue weighted by Crippen LogP contribution is 2.22. The number of nitrogens with zero attached hydrogens (tertiary/aromatic N) is 1. The second-order valence-corrected chi connectivity index (χ2v) is 3.91. The van der Waals surface area contributed by atoms with Crippen LogP contribution in [0, 0.1) is 11.6 Å². The Labute approximate surface area is 105 Å². The number of halogens is 2. The van der Waals surface area contributed by atoms with Gasteiger partial charge in [-0.05, 0) is 24.7 Å². The van der Waals surface area contributed by atoms with E-state index in [4.69, 9.17) is 0 Å². The van der Waals surface area contributed by atoms with Crippen LogP contribution in [0.25, 0.3) is 0 Å². The van der Waals surface area contributed by atoms with Gasteiger partial charge in [-0.25, -0.2) is 8.78 Å². The number of rotatable bonds is 4. The summed E-state index contributed by atoms with van der Waals surface area (Å²) in [5.74, 6) is -0.697. The molecule has 2 rings (SSSR count). The molecular formula is C14H14F2N2. The van der Waals surface area contributed by atoms with Gasteiger partial charge in [-0.1, -0.05) is 25.1 Å². The molecule has 4 heteroatoms. The predicted molar refractivity (Wildman–Crippen MR) is 66.1 cm³/mol. The molecule has 0 amide bonds. The Bertz CT molecular complexity index is 511. The summed E-state index contributed by atoms with van der Waals surface area (Å²) in [6, 6.07) is 9.04. The molecule has 0 bridgehead atoms. The molecule has 1 atom stereocenters. The molecule has 1 heterocycles. The monoisotopic (exact) mass is 248 g/mol. The second kappa shape index (κ2) is 5.69. The maximum atomic E-state index is 13.8. The minimum atomic E-state index is -0.400. The van der Waals surface area contributed by atoms with Gasteiger partial charge in [-0.3, -0.25) is 4.98 Å². The Kier molecular flexibility index (Phi) is 3.99. The van der Waals surface area contributed by atoms with Crippen LogP contribution in [0.2, 0.25) is 0 Å². The fourth-order valence-electron chi connectivity index (χ4n) is 1.85. The smallest absolute Gasteiger partial charge is 0.141 e. The molecule has 2 aromatic rings. The van der Waals surface area contributed by atoms with Gasteiger partial charge in [0.25, 0.3) is 0 Å². The highest BCUT2D eigenvalue weighted by atomic mass is 19.1. The number of pyridine rings is 1. The lowest BCUT2D eigenvalue weighted by atomic mass is 10.0. The van der Waals surface area contributed by atoms with Crippen molar-refractivity contribution in [1.82, 2.24) is 10.3 Å². The number of aromatic nitrogens is 1. The normalized spacial score (nSPS) is 12.4. The van der Waals surface area contributed by atoms with Crippen LogP contribution < -0.4 is 5.32 Å². The van der Waals surface area contributed by atoms with E-state index in [1.165, 1.54) is 12.1 Å². The molecule has 1 aromatic carbocycles. The van der Waals surface area contributed by atoms with Gasteiger partial charge in [0.05, 0.1) is 17.9 Å². The fraction of sp³-hybridized carbons (Fsp3) is 0.214. The summed E-state index contributed by atoms with van der Waals surface area (Å²) < 4.78 is 26.6. The third-order valence-electron chi connectivity index (χ3n) is 2.67. The second-order valence-electron chi connectivity index (χ2n) is 3.91. The lowest BCUT2D eigenvalue weighted by Gasteiger charge is -2.18. The van der Waals surface area contributed by atoms with Crippen LogP contribution in [-0.4, -0.2) is 11.5 Å². The minimum absolute atomic E-state index is 0.297. The standard InChI is InChI=1S/C14H14F2N2/c1-2-17-14(11-5-3-4-6-12(11)16)13-8-7-10(15)9-18-13/h3-9,14,17H,2H2,1H3. The van der Waals surface area contributed by atoms with E-state index < -0.39 is 5.82 Å². The summed E-state index contributed by atoms with van der Waals surface area (Å²) in [4.78, 5) is 4.01. The summed E-state index contributed by atoms with van der Waals surface area (Å²) in [5, 5.41) is 3.15. The highest BCUT2D eigenvalue weighted by Gasteiger charge is 2.17. The van der Waals surface area contributed by atoms with Crippen molar-refractivity contribution in [1.29, 1.82) is 0 Å². The van der Waals surface area contributed by atoms with Crippen molar-refractivity contribution < 1.29 is 8.78 Å². The van der Waals surface area contributed by atoms with E-state index in [9.17, 15) is 8.78 Å². The van der Waals surface area contributed by atoms with E-state index in [-0.39, 0.29) is 11.9 Å². The lowest BCUT2D eigenvalue weighted by molar-refractivity contribution is 0.548. The Balaban J connectivity index is 2.40. The van der Waals surface area contributed by atoms with Crippen molar-refractivity contribution in [3.63, 3.8) is 0 Å². The Morgan fingerprint density at radius 3 is 2.56 bits per heavy atom. The number of nitrogens with one attached hydrogen (secondary N) is 1. The van der Waals surface area contributed by atoms with Crippen molar-refractivity contribution in [3.05, 3.63) is 65.5 Å². The molecular weight excluding hydrogens is 234 g/mol. The van der Waals surface area contributed by atoms with Gasteiger partial charge in [0.1, 0.15) is 11.6 Å². The van der Waals surface area contributed by atoms with E-state index >= 15 is 0 Å². The topological polar surface area (TPSA) is 24.9 Å². The zero-order chi connectivity index (χ0) is 13.0. The fourth-order valence-corrected chi connectivity index (χ4v) is 1.85. The van der Waals surface area contributed by atoms with E-state index in [1.807, 2.05) is 6.92 Å². The van der Waals surface area contributed by atoms with Gasteiger partial charge in [0.15, 0.2) is 0 Å². The van der Waals surface area contributed by atoms with Crippen LogP contribution in [0.4, 0.5) is 8.78 Å². The summed E-state index contributed by atoms with van der Waals surface area (Å²) in [6.07, 6.45) is 1.14. The van der Waals surface area contributed by atoms with Crippen LogP contribution in [0.1, 0.15) is 24.2 Å². The zero-order valence-electron chi connectivity index (χ0n) is 10.0. The van der Waals surface area contributed by atoms with Gasteiger partial charge in [-0.15, -0.1) is 0 Å². The molecule has 1 N–H and O–H groups in total. The first-order valence-corrected chi connectivity index (χ1v) is 5.81. The van der Waals surface area contributed by atoms with Gasteiger partial charge in [-0.2, -0.15) is 0 Å². The van der Waals surface area contributed by atoms with E-state index in [0.29, 0.717) is 17.8 Å². The van der Waals surface area contributed by atoms with Gasteiger partial charge >= 0.3 is 0 Å². The molecule has 1 aromatic heterocycles. The van der Waals surface area contributed by atoms with Gasteiger partial charge in [0, 0.05) is 5.56 Å². The summed E-state index contributed by atoms with van der Waals surface area (Å²) in [7, 11) is 0.